The van der Waals surface area contributed by atoms with Gasteiger partial charge in [-0.15, -0.1) is 0 Å². The summed E-state index contributed by atoms with van der Waals surface area (Å²) in [6, 6.07) is 9.42. The minimum absolute atomic E-state index is 0.191. The maximum absolute atomic E-state index is 12.6. The van der Waals surface area contributed by atoms with Gasteiger partial charge in [0.25, 0.3) is 0 Å². The number of carbonyl (C=O) groups excluding carboxylic acids is 1. The number of nitrogens with one attached hydrogen (secondary N) is 1. The van der Waals surface area contributed by atoms with Gasteiger partial charge < -0.3 is 4.98 Å². The molecule has 0 saturated carbocycles. The van der Waals surface area contributed by atoms with Gasteiger partial charge in [0.1, 0.15) is 0 Å². The standard InChI is InChI=1S/C16H8BrF3NO/c17-12-6-3-9-7-8-21-14(9)13(12)15(22)10-1-4-11(5-2-10)16(18,19)20/h1-7,21H. The fraction of sp³-hybridized carbons (Fsp3) is 0.0625. The lowest BCUT2D eigenvalue weighted by atomic mass is 10.00. The van der Waals surface area contributed by atoms with E-state index in [1.54, 1.807) is 12.1 Å². The van der Waals surface area contributed by atoms with E-state index in [1.165, 1.54) is 12.1 Å². The van der Waals surface area contributed by atoms with Crippen molar-refractivity contribution >= 4 is 32.6 Å². The topological polar surface area (TPSA) is 32.9 Å². The van der Waals surface area contributed by atoms with Gasteiger partial charge in [-0.1, -0.05) is 18.2 Å². The van der Waals surface area contributed by atoms with Crippen LogP contribution in [0.1, 0.15) is 21.5 Å². The third-order valence-electron chi connectivity index (χ3n) is 3.31. The minimum atomic E-state index is -4.42. The highest BCUT2D eigenvalue weighted by Gasteiger charge is 2.30. The Bertz CT molecular complexity index is 850. The molecule has 0 amide bonds. The van der Waals surface area contributed by atoms with Crippen LogP contribution in [-0.4, -0.2) is 10.8 Å². The van der Waals surface area contributed by atoms with Gasteiger partial charge in [0, 0.05) is 15.4 Å². The van der Waals surface area contributed by atoms with Crippen molar-refractivity contribution in [3.8, 4) is 0 Å². The van der Waals surface area contributed by atoms with E-state index < -0.39 is 11.7 Å². The van der Waals surface area contributed by atoms with E-state index in [-0.39, 0.29) is 11.3 Å². The summed E-state index contributed by atoms with van der Waals surface area (Å²) in [5.74, 6) is -0.359. The number of benzene rings is 2. The molecule has 0 atom stereocenters. The first-order valence-electron chi connectivity index (χ1n) is 6.27. The van der Waals surface area contributed by atoms with E-state index in [2.05, 4.69) is 27.1 Å². The molecule has 22 heavy (non-hydrogen) atoms. The summed E-state index contributed by atoms with van der Waals surface area (Å²) in [5.41, 5.74) is 0.378. The molecule has 0 saturated heterocycles. The van der Waals surface area contributed by atoms with Crippen molar-refractivity contribution in [3.63, 3.8) is 0 Å². The number of halogens is 4. The van der Waals surface area contributed by atoms with Crippen molar-refractivity contribution in [1.29, 1.82) is 0 Å². The van der Waals surface area contributed by atoms with Crippen LogP contribution in [0, 0.1) is 6.20 Å². The number of hydrogen-bond acceptors (Lipinski definition) is 1. The smallest absolute Gasteiger partial charge is 0.353 e. The van der Waals surface area contributed by atoms with Gasteiger partial charge in [0.05, 0.1) is 22.8 Å². The fourth-order valence-electron chi connectivity index (χ4n) is 2.21. The average molecular weight is 367 g/mol. The molecule has 0 aliphatic carbocycles. The summed E-state index contributed by atoms with van der Waals surface area (Å²) in [7, 11) is 0. The molecule has 0 spiro atoms. The molecule has 1 radical (unpaired) electrons. The Morgan fingerprint density at radius 3 is 2.41 bits per heavy atom. The number of alkyl halides is 3. The Morgan fingerprint density at radius 1 is 1.09 bits per heavy atom. The SMILES string of the molecule is O=C(c1ccc(C(F)(F)F)cc1)c1c(Br)ccc2c[c][nH]c12. The predicted octanol–water partition coefficient (Wildman–Crippen LogP) is 4.98. The maximum atomic E-state index is 12.6. The molecule has 0 fully saturated rings. The molecular formula is C16H8BrF3NO. The number of hydrogen-bond donors (Lipinski definition) is 1. The summed E-state index contributed by atoms with van der Waals surface area (Å²) < 4.78 is 38.3. The van der Waals surface area contributed by atoms with Gasteiger partial charge in [0.2, 0.25) is 0 Å². The molecular weight excluding hydrogens is 359 g/mol. The third kappa shape index (κ3) is 2.54. The van der Waals surface area contributed by atoms with Crippen molar-refractivity contribution in [2.75, 3.05) is 0 Å². The number of carbonyl (C=O) groups is 1. The van der Waals surface area contributed by atoms with E-state index in [4.69, 9.17) is 0 Å². The monoisotopic (exact) mass is 366 g/mol. The zero-order chi connectivity index (χ0) is 15.9. The Morgan fingerprint density at radius 2 is 1.77 bits per heavy atom. The fourth-order valence-corrected chi connectivity index (χ4v) is 2.72. The van der Waals surface area contributed by atoms with Crippen LogP contribution in [-0.2, 0) is 6.18 Å². The van der Waals surface area contributed by atoms with E-state index in [0.29, 0.717) is 15.6 Å². The van der Waals surface area contributed by atoms with Gasteiger partial charge in [-0.25, -0.2) is 0 Å². The number of ketones is 1. The Labute approximate surface area is 132 Å². The summed E-state index contributed by atoms with van der Waals surface area (Å²) >= 11 is 3.31. The van der Waals surface area contributed by atoms with Crippen LogP contribution in [0.5, 0.6) is 0 Å². The van der Waals surface area contributed by atoms with Crippen LogP contribution in [0.3, 0.4) is 0 Å². The zero-order valence-corrected chi connectivity index (χ0v) is 12.5. The lowest BCUT2D eigenvalue weighted by Gasteiger charge is -2.09. The van der Waals surface area contributed by atoms with Gasteiger partial charge >= 0.3 is 6.18 Å². The zero-order valence-electron chi connectivity index (χ0n) is 11.0. The summed E-state index contributed by atoms with van der Waals surface area (Å²) in [5, 5.41) is 0.804. The maximum Gasteiger partial charge on any atom is 0.416 e. The number of aromatic amines is 1. The lowest BCUT2D eigenvalue weighted by Crippen LogP contribution is -2.07. The van der Waals surface area contributed by atoms with Crippen LogP contribution < -0.4 is 0 Å². The van der Waals surface area contributed by atoms with Gasteiger partial charge in [-0.2, -0.15) is 13.2 Å². The molecule has 2 aromatic carbocycles. The van der Waals surface area contributed by atoms with Crippen molar-refractivity contribution in [2.45, 2.75) is 6.18 Å². The molecule has 1 aromatic heterocycles. The molecule has 1 N–H and O–H groups in total. The van der Waals surface area contributed by atoms with Crippen LogP contribution in [0.15, 0.2) is 46.9 Å². The van der Waals surface area contributed by atoms with Crippen molar-refractivity contribution in [2.24, 2.45) is 0 Å². The summed E-state index contributed by atoms with van der Waals surface area (Å²) in [6.07, 6.45) is -1.63. The first kappa shape index (κ1) is 14.8. The van der Waals surface area contributed by atoms with Gasteiger partial charge in [-0.3, -0.25) is 4.79 Å². The average Bonchev–Trinajstić information content (AvgIpc) is 2.94. The number of H-pyrrole nitrogens is 1. The molecule has 111 valence electrons. The number of rotatable bonds is 2. The van der Waals surface area contributed by atoms with E-state index in [1.807, 2.05) is 6.07 Å². The number of aromatic nitrogens is 1. The Kier molecular flexibility index (Phi) is 3.56. The Balaban J connectivity index is 2.06. The normalized spacial score (nSPS) is 11.8. The van der Waals surface area contributed by atoms with Crippen molar-refractivity contribution < 1.29 is 18.0 Å². The molecule has 0 unspecified atom stereocenters. The van der Waals surface area contributed by atoms with Crippen LogP contribution >= 0.6 is 15.9 Å². The molecule has 1 heterocycles. The second kappa shape index (κ2) is 5.28. The molecule has 0 aliphatic heterocycles. The summed E-state index contributed by atoms with van der Waals surface area (Å²) in [4.78, 5) is 15.5. The predicted molar refractivity (Wildman–Crippen MR) is 79.7 cm³/mol. The molecule has 2 nitrogen and oxygen atoms in total. The van der Waals surface area contributed by atoms with E-state index in [9.17, 15) is 18.0 Å². The first-order valence-corrected chi connectivity index (χ1v) is 7.06. The molecule has 6 heteroatoms. The molecule has 3 aromatic rings. The van der Waals surface area contributed by atoms with Crippen molar-refractivity contribution in [1.82, 2.24) is 4.98 Å². The van der Waals surface area contributed by atoms with E-state index in [0.717, 1.165) is 17.5 Å². The number of fused-ring (bicyclic) bond motifs is 1. The minimum Gasteiger partial charge on any atom is -0.353 e. The highest BCUT2D eigenvalue weighted by Crippen LogP contribution is 2.31. The van der Waals surface area contributed by atoms with E-state index >= 15 is 0 Å². The van der Waals surface area contributed by atoms with Gasteiger partial charge in [-0.05, 0) is 40.2 Å². The van der Waals surface area contributed by atoms with Crippen LogP contribution in [0.4, 0.5) is 13.2 Å². The third-order valence-corrected chi connectivity index (χ3v) is 3.97. The van der Waals surface area contributed by atoms with Crippen LogP contribution in [0.25, 0.3) is 10.9 Å². The first-order chi connectivity index (χ1) is 10.4. The highest BCUT2D eigenvalue weighted by atomic mass is 79.9. The second-order valence-corrected chi connectivity index (χ2v) is 5.56. The highest BCUT2D eigenvalue weighted by molar-refractivity contribution is 9.10. The second-order valence-electron chi connectivity index (χ2n) is 4.70. The van der Waals surface area contributed by atoms with Crippen LogP contribution in [0.2, 0.25) is 0 Å². The largest absolute Gasteiger partial charge is 0.416 e. The lowest BCUT2D eigenvalue weighted by molar-refractivity contribution is -0.137. The molecule has 0 bridgehead atoms. The summed E-state index contributed by atoms with van der Waals surface area (Å²) in [6.45, 7) is 0. The Hall–Kier alpha value is -2.08. The van der Waals surface area contributed by atoms with Gasteiger partial charge in [0.15, 0.2) is 5.78 Å². The molecule has 3 rings (SSSR count). The molecule has 0 aliphatic rings. The van der Waals surface area contributed by atoms with Crippen molar-refractivity contribution in [3.05, 3.63) is 69.8 Å². The quantitative estimate of drug-likeness (QED) is 0.637.